The van der Waals surface area contributed by atoms with Gasteiger partial charge in [0, 0.05) is 30.9 Å². The van der Waals surface area contributed by atoms with Gasteiger partial charge in [0.1, 0.15) is 5.82 Å². The van der Waals surface area contributed by atoms with Gasteiger partial charge < -0.3 is 15.4 Å². The Morgan fingerprint density at radius 2 is 2.28 bits per heavy atom. The van der Waals surface area contributed by atoms with Crippen LogP contribution in [-0.4, -0.2) is 29.8 Å². The second kappa shape index (κ2) is 4.86. The highest BCUT2D eigenvalue weighted by Crippen LogP contribution is 2.28. The number of hydrogen-bond donors (Lipinski definition) is 1. The summed E-state index contributed by atoms with van der Waals surface area (Å²) < 4.78 is 5.93. The van der Waals surface area contributed by atoms with Gasteiger partial charge in [-0.15, -0.1) is 0 Å². The Bertz CT molecular complexity index is 417. The molecule has 4 nitrogen and oxygen atoms in total. The predicted octanol–water partition coefficient (Wildman–Crippen LogP) is 2.10. The van der Waals surface area contributed by atoms with Gasteiger partial charge in [-0.1, -0.05) is 6.07 Å². The van der Waals surface area contributed by atoms with Crippen molar-refractivity contribution in [3.05, 3.63) is 23.9 Å². The van der Waals surface area contributed by atoms with E-state index in [1.807, 2.05) is 19.2 Å². The van der Waals surface area contributed by atoms with Crippen molar-refractivity contribution in [2.75, 3.05) is 18.0 Å². The largest absolute Gasteiger partial charge is 0.369 e. The van der Waals surface area contributed by atoms with E-state index in [0.29, 0.717) is 0 Å². The molecule has 18 heavy (non-hydrogen) atoms. The van der Waals surface area contributed by atoms with Crippen LogP contribution in [0.15, 0.2) is 18.3 Å². The van der Waals surface area contributed by atoms with Gasteiger partial charge in [-0.05, 0) is 33.8 Å². The maximum Gasteiger partial charge on any atom is 0.133 e. The molecule has 0 radical (unpaired) electrons. The predicted molar refractivity (Wildman–Crippen MR) is 73.7 cm³/mol. The van der Waals surface area contributed by atoms with E-state index in [4.69, 9.17) is 10.5 Å². The van der Waals surface area contributed by atoms with Crippen LogP contribution < -0.4 is 10.6 Å². The van der Waals surface area contributed by atoms with Crippen LogP contribution in [0.4, 0.5) is 5.82 Å². The number of anilines is 1. The first-order valence-corrected chi connectivity index (χ1v) is 6.52. The minimum Gasteiger partial charge on any atom is -0.369 e. The van der Waals surface area contributed by atoms with Crippen LogP contribution in [0.5, 0.6) is 0 Å². The molecule has 0 saturated carbocycles. The smallest absolute Gasteiger partial charge is 0.133 e. The number of nitrogens with zero attached hydrogens (tertiary/aromatic N) is 2. The average Bonchev–Trinajstić information content (AvgIpc) is 2.26. The highest BCUT2D eigenvalue weighted by molar-refractivity contribution is 5.49. The molecule has 2 atom stereocenters. The Morgan fingerprint density at radius 3 is 2.89 bits per heavy atom. The molecule has 4 heteroatoms. The fourth-order valence-electron chi connectivity index (χ4n) is 2.64. The normalized spacial score (nSPS) is 24.9. The number of morpholine rings is 1. The van der Waals surface area contributed by atoms with Crippen LogP contribution in [0.3, 0.4) is 0 Å². The van der Waals surface area contributed by atoms with Crippen molar-refractivity contribution in [2.24, 2.45) is 5.73 Å². The summed E-state index contributed by atoms with van der Waals surface area (Å²) in [6.45, 7) is 10.0. The van der Waals surface area contributed by atoms with Crippen LogP contribution in [0.1, 0.15) is 39.3 Å². The van der Waals surface area contributed by atoms with Crippen molar-refractivity contribution >= 4 is 5.82 Å². The maximum absolute atomic E-state index is 6.03. The fraction of sp³-hybridized carbons (Fsp3) is 0.643. The number of pyridine rings is 1. The lowest BCUT2D eigenvalue weighted by atomic mass is 10.0. The van der Waals surface area contributed by atoms with Crippen LogP contribution >= 0.6 is 0 Å². The molecule has 1 unspecified atom stereocenters. The van der Waals surface area contributed by atoms with Gasteiger partial charge in [-0.2, -0.15) is 0 Å². The minimum absolute atomic E-state index is 0.00466. The standard InChI is InChI=1S/C14H23N3O/c1-10-8-17(9-14(3,4)18-10)13-12(11(2)15)6-5-7-16-13/h5-7,10-11H,8-9,15H2,1-4H3/t10?,11-/m1/s1. The van der Waals surface area contributed by atoms with Crippen LogP contribution in [-0.2, 0) is 4.74 Å². The SMILES string of the molecule is CC1CN(c2ncccc2[C@@H](C)N)CC(C)(C)O1. The summed E-state index contributed by atoms with van der Waals surface area (Å²) in [7, 11) is 0. The molecule has 1 aliphatic heterocycles. The average molecular weight is 249 g/mol. The highest BCUT2D eigenvalue weighted by atomic mass is 16.5. The molecule has 2 rings (SSSR count). The summed E-state index contributed by atoms with van der Waals surface area (Å²) in [5.41, 5.74) is 6.98. The molecule has 0 aromatic carbocycles. The molecule has 1 aliphatic rings. The Morgan fingerprint density at radius 1 is 1.56 bits per heavy atom. The monoisotopic (exact) mass is 249 g/mol. The second-order valence-corrected chi connectivity index (χ2v) is 5.77. The molecule has 1 fully saturated rings. The quantitative estimate of drug-likeness (QED) is 0.872. The summed E-state index contributed by atoms with van der Waals surface area (Å²) in [6, 6.07) is 3.99. The van der Waals surface area contributed by atoms with E-state index in [0.717, 1.165) is 24.5 Å². The van der Waals surface area contributed by atoms with Gasteiger partial charge in [0.05, 0.1) is 11.7 Å². The third-order valence-corrected chi connectivity index (χ3v) is 3.18. The lowest BCUT2D eigenvalue weighted by Gasteiger charge is -2.43. The van der Waals surface area contributed by atoms with Gasteiger partial charge >= 0.3 is 0 Å². The Kier molecular flexibility index (Phi) is 3.59. The zero-order valence-electron chi connectivity index (χ0n) is 11.7. The number of ether oxygens (including phenoxy) is 1. The Labute approximate surface area is 109 Å². The molecular formula is C14H23N3O. The number of nitrogens with two attached hydrogens (primary N) is 1. The van der Waals surface area contributed by atoms with Crippen LogP contribution in [0.25, 0.3) is 0 Å². The summed E-state index contributed by atoms with van der Waals surface area (Å²) >= 11 is 0. The van der Waals surface area contributed by atoms with E-state index in [1.54, 1.807) is 0 Å². The first kappa shape index (κ1) is 13.3. The molecular weight excluding hydrogens is 226 g/mol. The molecule has 1 aromatic heterocycles. The summed E-state index contributed by atoms with van der Waals surface area (Å²) in [4.78, 5) is 6.80. The van der Waals surface area contributed by atoms with E-state index in [-0.39, 0.29) is 17.7 Å². The van der Waals surface area contributed by atoms with Crippen LogP contribution in [0, 0.1) is 0 Å². The molecule has 2 heterocycles. The number of rotatable bonds is 2. The topological polar surface area (TPSA) is 51.4 Å². The molecule has 0 amide bonds. The van der Waals surface area contributed by atoms with E-state index in [2.05, 4.69) is 36.7 Å². The summed E-state index contributed by atoms with van der Waals surface area (Å²) in [5.74, 6) is 0.996. The zero-order valence-corrected chi connectivity index (χ0v) is 11.7. The van der Waals surface area contributed by atoms with Crippen molar-refractivity contribution < 1.29 is 4.74 Å². The van der Waals surface area contributed by atoms with Crippen molar-refractivity contribution in [1.29, 1.82) is 0 Å². The van der Waals surface area contributed by atoms with Crippen molar-refractivity contribution in [1.82, 2.24) is 4.98 Å². The van der Waals surface area contributed by atoms with Crippen molar-refractivity contribution in [3.63, 3.8) is 0 Å². The highest BCUT2D eigenvalue weighted by Gasteiger charge is 2.32. The minimum atomic E-state index is -0.149. The van der Waals surface area contributed by atoms with Gasteiger partial charge in [-0.25, -0.2) is 4.98 Å². The third kappa shape index (κ3) is 2.82. The number of hydrogen-bond acceptors (Lipinski definition) is 4. The van der Waals surface area contributed by atoms with E-state index >= 15 is 0 Å². The second-order valence-electron chi connectivity index (χ2n) is 5.77. The fourth-order valence-corrected chi connectivity index (χ4v) is 2.64. The van der Waals surface area contributed by atoms with Gasteiger partial charge in [0.15, 0.2) is 0 Å². The van der Waals surface area contributed by atoms with Gasteiger partial charge in [0.25, 0.3) is 0 Å². The third-order valence-electron chi connectivity index (χ3n) is 3.18. The first-order chi connectivity index (χ1) is 8.39. The zero-order chi connectivity index (χ0) is 13.3. The van der Waals surface area contributed by atoms with Gasteiger partial charge in [0.2, 0.25) is 0 Å². The molecule has 1 saturated heterocycles. The molecule has 1 aromatic rings. The molecule has 100 valence electrons. The molecule has 2 N–H and O–H groups in total. The summed E-state index contributed by atoms with van der Waals surface area (Å²) in [6.07, 6.45) is 2.03. The lowest BCUT2D eigenvalue weighted by Crippen LogP contribution is -2.52. The van der Waals surface area contributed by atoms with E-state index < -0.39 is 0 Å². The Balaban J connectivity index is 2.31. The number of aromatic nitrogens is 1. The van der Waals surface area contributed by atoms with Gasteiger partial charge in [-0.3, -0.25) is 0 Å². The van der Waals surface area contributed by atoms with E-state index in [9.17, 15) is 0 Å². The molecule has 0 bridgehead atoms. The van der Waals surface area contributed by atoms with E-state index in [1.165, 1.54) is 0 Å². The molecule has 0 spiro atoms. The van der Waals surface area contributed by atoms with Crippen LogP contribution in [0.2, 0.25) is 0 Å². The first-order valence-electron chi connectivity index (χ1n) is 6.52. The maximum atomic E-state index is 6.03. The van der Waals surface area contributed by atoms with Crippen molar-refractivity contribution in [2.45, 2.75) is 45.4 Å². The molecule has 0 aliphatic carbocycles. The Hall–Kier alpha value is -1.13. The van der Waals surface area contributed by atoms with Crippen molar-refractivity contribution in [3.8, 4) is 0 Å². The lowest BCUT2D eigenvalue weighted by molar-refractivity contribution is -0.0752. The summed E-state index contributed by atoms with van der Waals surface area (Å²) in [5, 5.41) is 0.